The Labute approximate surface area is 129 Å². The van der Waals surface area contributed by atoms with E-state index < -0.39 is 0 Å². The van der Waals surface area contributed by atoms with Gasteiger partial charge in [0.25, 0.3) is 0 Å². The van der Waals surface area contributed by atoms with Crippen LogP contribution in [0.2, 0.25) is 0 Å². The van der Waals surface area contributed by atoms with Crippen LogP contribution in [0.5, 0.6) is 0 Å². The highest BCUT2D eigenvalue weighted by Gasteiger charge is 2.06. The second-order valence-electron chi connectivity index (χ2n) is 4.71. The van der Waals surface area contributed by atoms with Gasteiger partial charge in [0.2, 0.25) is 5.16 Å². The molecule has 0 aliphatic rings. The molecule has 0 atom stereocenters. The molecule has 21 heavy (non-hydrogen) atoms. The maximum Gasteiger partial charge on any atom is 0.209 e. The summed E-state index contributed by atoms with van der Waals surface area (Å²) >= 11 is 1.66. The zero-order valence-corrected chi connectivity index (χ0v) is 13.3. The first kappa shape index (κ1) is 15.9. The summed E-state index contributed by atoms with van der Waals surface area (Å²) in [6.45, 7) is 5.23. The third kappa shape index (κ3) is 5.45. The number of aryl methyl sites for hydroxylation is 1. The van der Waals surface area contributed by atoms with E-state index in [1.54, 1.807) is 18.9 Å². The van der Waals surface area contributed by atoms with Crippen LogP contribution >= 0.6 is 11.8 Å². The molecule has 0 saturated heterocycles. The number of hydrogen-bond acceptors (Lipinski definition) is 6. The maximum absolute atomic E-state index is 4.99. The van der Waals surface area contributed by atoms with Gasteiger partial charge < -0.3 is 10.1 Å². The van der Waals surface area contributed by atoms with Crippen molar-refractivity contribution < 1.29 is 4.74 Å². The average molecular weight is 307 g/mol. The predicted molar refractivity (Wildman–Crippen MR) is 83.3 cm³/mol. The number of ether oxygens (including phenoxy) is 1. The third-order valence-electron chi connectivity index (χ3n) is 2.93. The summed E-state index contributed by atoms with van der Waals surface area (Å²) in [5, 5.41) is 16.0. The number of nitrogens with one attached hydrogen (secondary N) is 1. The molecule has 2 aromatic rings. The summed E-state index contributed by atoms with van der Waals surface area (Å²) in [5.41, 5.74) is 2.56. The zero-order valence-electron chi connectivity index (χ0n) is 12.5. The Morgan fingerprint density at radius 3 is 3.05 bits per heavy atom. The Morgan fingerprint density at radius 1 is 1.33 bits per heavy atom. The lowest BCUT2D eigenvalue weighted by molar-refractivity contribution is 0.199. The molecule has 1 heterocycles. The van der Waals surface area contributed by atoms with Crippen molar-refractivity contribution in [1.82, 2.24) is 25.5 Å². The molecule has 0 radical (unpaired) electrons. The molecule has 1 aromatic carbocycles. The van der Waals surface area contributed by atoms with Crippen LogP contribution in [0.3, 0.4) is 0 Å². The molecule has 0 aliphatic heterocycles. The standard InChI is InChI=1S/C14H21N5OS/c1-12-4-3-5-13(10-12)11-21-14-16-17-18-19(14)8-6-15-7-9-20-2/h3-5,10,15H,6-9,11H2,1-2H3. The Bertz CT molecular complexity index is 546. The van der Waals surface area contributed by atoms with Gasteiger partial charge in [-0.05, 0) is 22.9 Å². The first-order chi connectivity index (χ1) is 10.3. The number of hydrogen-bond donors (Lipinski definition) is 1. The normalized spacial score (nSPS) is 11.0. The molecule has 1 aromatic heterocycles. The third-order valence-corrected chi connectivity index (χ3v) is 3.96. The van der Waals surface area contributed by atoms with Crippen LogP contribution in [0.4, 0.5) is 0 Å². The second-order valence-corrected chi connectivity index (χ2v) is 5.65. The lowest BCUT2D eigenvalue weighted by Crippen LogP contribution is -2.24. The minimum atomic E-state index is 0.713. The first-order valence-electron chi connectivity index (χ1n) is 6.94. The number of thioether (sulfide) groups is 1. The van der Waals surface area contributed by atoms with E-state index in [-0.39, 0.29) is 0 Å². The van der Waals surface area contributed by atoms with Crippen LogP contribution in [-0.2, 0) is 17.0 Å². The minimum Gasteiger partial charge on any atom is -0.383 e. The largest absolute Gasteiger partial charge is 0.383 e. The van der Waals surface area contributed by atoms with Crippen molar-refractivity contribution in [3.05, 3.63) is 35.4 Å². The highest BCUT2D eigenvalue weighted by atomic mass is 32.2. The van der Waals surface area contributed by atoms with Gasteiger partial charge in [-0.25, -0.2) is 4.68 Å². The molecule has 0 fully saturated rings. The molecule has 0 aliphatic carbocycles. The monoisotopic (exact) mass is 307 g/mol. The molecular weight excluding hydrogens is 286 g/mol. The molecular formula is C14H21N5OS. The summed E-state index contributed by atoms with van der Waals surface area (Å²) in [6, 6.07) is 8.49. The lowest BCUT2D eigenvalue weighted by Gasteiger charge is -2.06. The zero-order chi connectivity index (χ0) is 14.9. The van der Waals surface area contributed by atoms with E-state index in [4.69, 9.17) is 4.74 Å². The number of nitrogens with zero attached hydrogens (tertiary/aromatic N) is 4. The topological polar surface area (TPSA) is 64.9 Å². The van der Waals surface area contributed by atoms with Crippen LogP contribution in [-0.4, -0.2) is 47.0 Å². The Kier molecular flexibility index (Phi) is 6.65. The summed E-state index contributed by atoms with van der Waals surface area (Å²) in [7, 11) is 1.70. The van der Waals surface area contributed by atoms with Gasteiger partial charge in [0.15, 0.2) is 0 Å². The number of benzene rings is 1. The smallest absolute Gasteiger partial charge is 0.209 e. The molecule has 6 nitrogen and oxygen atoms in total. The SMILES string of the molecule is COCCNCCn1nnnc1SCc1cccc(C)c1. The van der Waals surface area contributed by atoms with Crippen LogP contribution in [0.15, 0.2) is 29.4 Å². The van der Waals surface area contributed by atoms with Crippen molar-refractivity contribution in [1.29, 1.82) is 0 Å². The van der Waals surface area contributed by atoms with E-state index in [0.29, 0.717) is 6.61 Å². The van der Waals surface area contributed by atoms with Gasteiger partial charge in [0.1, 0.15) is 0 Å². The summed E-state index contributed by atoms with van der Waals surface area (Å²) in [6.07, 6.45) is 0. The molecule has 0 unspecified atom stereocenters. The van der Waals surface area contributed by atoms with Crippen LogP contribution in [0.25, 0.3) is 0 Å². The van der Waals surface area contributed by atoms with E-state index >= 15 is 0 Å². The van der Waals surface area contributed by atoms with Crippen molar-refractivity contribution in [2.24, 2.45) is 0 Å². The molecule has 1 N–H and O–H groups in total. The second kappa shape index (κ2) is 8.76. The van der Waals surface area contributed by atoms with Gasteiger partial charge in [0.05, 0.1) is 13.2 Å². The Balaban J connectivity index is 1.80. The molecule has 114 valence electrons. The number of aromatic nitrogens is 4. The maximum atomic E-state index is 4.99. The summed E-state index contributed by atoms with van der Waals surface area (Å²) in [5.74, 6) is 0.874. The predicted octanol–water partition coefficient (Wildman–Crippen LogP) is 1.51. The average Bonchev–Trinajstić information content (AvgIpc) is 2.92. The van der Waals surface area contributed by atoms with Crippen molar-refractivity contribution in [2.75, 3.05) is 26.8 Å². The molecule has 0 spiro atoms. The Morgan fingerprint density at radius 2 is 2.24 bits per heavy atom. The van der Waals surface area contributed by atoms with Gasteiger partial charge in [-0.1, -0.05) is 41.6 Å². The van der Waals surface area contributed by atoms with Crippen molar-refractivity contribution in [2.45, 2.75) is 24.4 Å². The quantitative estimate of drug-likeness (QED) is 0.559. The highest BCUT2D eigenvalue weighted by Crippen LogP contribution is 2.20. The summed E-state index contributed by atoms with van der Waals surface area (Å²) in [4.78, 5) is 0. The number of methoxy groups -OCH3 is 1. The fraction of sp³-hybridized carbons (Fsp3) is 0.500. The van der Waals surface area contributed by atoms with Crippen molar-refractivity contribution in [3.8, 4) is 0 Å². The minimum absolute atomic E-state index is 0.713. The van der Waals surface area contributed by atoms with E-state index in [1.807, 2.05) is 4.68 Å². The van der Waals surface area contributed by atoms with Crippen LogP contribution in [0.1, 0.15) is 11.1 Å². The lowest BCUT2D eigenvalue weighted by atomic mass is 10.2. The Hall–Kier alpha value is -1.44. The molecule has 0 amide bonds. The van der Waals surface area contributed by atoms with Crippen molar-refractivity contribution >= 4 is 11.8 Å². The van der Waals surface area contributed by atoms with Crippen molar-refractivity contribution in [3.63, 3.8) is 0 Å². The summed E-state index contributed by atoms with van der Waals surface area (Å²) < 4.78 is 6.82. The number of rotatable bonds is 9. The van der Waals surface area contributed by atoms with Gasteiger partial charge >= 0.3 is 0 Å². The highest BCUT2D eigenvalue weighted by molar-refractivity contribution is 7.98. The van der Waals surface area contributed by atoms with Gasteiger partial charge in [-0.3, -0.25) is 0 Å². The van der Waals surface area contributed by atoms with E-state index in [0.717, 1.165) is 30.5 Å². The fourth-order valence-electron chi connectivity index (χ4n) is 1.87. The first-order valence-corrected chi connectivity index (χ1v) is 7.92. The fourth-order valence-corrected chi connectivity index (χ4v) is 2.72. The van der Waals surface area contributed by atoms with Crippen LogP contribution in [0, 0.1) is 6.92 Å². The van der Waals surface area contributed by atoms with E-state index in [2.05, 4.69) is 52.0 Å². The van der Waals surface area contributed by atoms with Gasteiger partial charge in [-0.2, -0.15) is 0 Å². The molecule has 0 bridgehead atoms. The van der Waals surface area contributed by atoms with E-state index in [9.17, 15) is 0 Å². The molecule has 0 saturated carbocycles. The van der Waals surface area contributed by atoms with Gasteiger partial charge in [0, 0.05) is 26.0 Å². The number of tetrazole rings is 1. The molecule has 2 rings (SSSR count). The van der Waals surface area contributed by atoms with Crippen LogP contribution < -0.4 is 5.32 Å². The van der Waals surface area contributed by atoms with E-state index in [1.165, 1.54) is 11.1 Å². The molecule has 7 heteroatoms. The van der Waals surface area contributed by atoms with Gasteiger partial charge in [-0.15, -0.1) is 5.10 Å².